The summed E-state index contributed by atoms with van der Waals surface area (Å²) in [6, 6.07) is 12.9. The van der Waals surface area contributed by atoms with E-state index in [0.717, 1.165) is 30.3 Å². The monoisotopic (exact) mass is 410 g/mol. The number of sulfonamides is 2. The van der Waals surface area contributed by atoms with Crippen LogP contribution < -0.4 is 0 Å². The number of hydrazine groups is 2. The van der Waals surface area contributed by atoms with E-state index in [1.807, 2.05) is 13.8 Å². The second-order valence-corrected chi connectivity index (χ2v) is 10.0. The van der Waals surface area contributed by atoms with Crippen LogP contribution in [-0.2, 0) is 25.0 Å². The Kier molecular flexibility index (Phi) is 4.35. The molecule has 0 saturated carbocycles. The fourth-order valence-corrected chi connectivity index (χ4v) is 4.94. The lowest BCUT2D eigenvalue weighted by molar-refractivity contribution is -0.258. The van der Waals surface area contributed by atoms with E-state index in [0.29, 0.717) is 0 Å². The van der Waals surface area contributed by atoms with Crippen LogP contribution in [0.5, 0.6) is 0 Å². The number of hydrogen-bond donors (Lipinski definition) is 0. The minimum absolute atomic E-state index is 0.0190. The predicted molar refractivity (Wildman–Crippen MR) is 94.9 cm³/mol. The second kappa shape index (κ2) is 6.34. The molecule has 0 spiro atoms. The van der Waals surface area contributed by atoms with Crippen LogP contribution in [0.15, 0.2) is 58.3 Å². The molecule has 2 aliphatic heterocycles. The van der Waals surface area contributed by atoms with Crippen molar-refractivity contribution in [3.8, 4) is 0 Å². The van der Waals surface area contributed by atoms with Gasteiger partial charge < -0.3 is 0 Å². The first-order valence-electron chi connectivity index (χ1n) is 8.11. The van der Waals surface area contributed by atoms with Crippen molar-refractivity contribution in [3.63, 3.8) is 0 Å². The third kappa shape index (κ3) is 3.50. The molecule has 2 aromatic rings. The molecule has 0 amide bonds. The van der Waals surface area contributed by atoms with Gasteiger partial charge in [-0.05, 0) is 38.1 Å². The van der Waals surface area contributed by atoms with E-state index in [4.69, 9.17) is 4.94 Å². The van der Waals surface area contributed by atoms with Gasteiger partial charge in [0.1, 0.15) is 13.3 Å². The topological polar surface area (TPSA) is 89.5 Å². The molecule has 4 unspecified atom stereocenters. The molecule has 2 fully saturated rings. The highest BCUT2D eigenvalue weighted by Gasteiger charge is 2.52. The SMILES string of the molecule is Cc1ccc(S(=O)(=O)N2CN2ON2CN2S(=O)(=O)c2ccc(C)cc2)cc1. The zero-order valence-electron chi connectivity index (χ0n) is 14.7. The van der Waals surface area contributed by atoms with E-state index in [9.17, 15) is 16.8 Å². The molecule has 0 radical (unpaired) electrons. The Morgan fingerprint density at radius 1 is 0.667 bits per heavy atom. The highest BCUT2D eigenvalue weighted by Crippen LogP contribution is 2.33. The number of hydrogen-bond acceptors (Lipinski definition) is 7. The Hall–Kier alpha value is -1.86. The number of hydroxylamine groups is 2. The molecule has 27 heavy (non-hydrogen) atoms. The summed E-state index contributed by atoms with van der Waals surface area (Å²) in [5.41, 5.74) is 1.91. The molecule has 2 saturated heterocycles. The fourth-order valence-electron chi connectivity index (χ4n) is 2.45. The van der Waals surface area contributed by atoms with Crippen molar-refractivity contribution >= 4 is 20.0 Å². The molecular formula is C16H18N4O5S2. The maximum atomic E-state index is 12.5. The van der Waals surface area contributed by atoms with E-state index in [-0.39, 0.29) is 23.1 Å². The Labute approximate surface area is 157 Å². The predicted octanol–water partition coefficient (Wildman–Crippen LogP) is 1.21. The minimum atomic E-state index is -3.72. The van der Waals surface area contributed by atoms with Gasteiger partial charge in [-0.2, -0.15) is 4.94 Å². The number of nitrogens with zero attached hydrogens (tertiary/aromatic N) is 4. The molecule has 0 aliphatic carbocycles. The van der Waals surface area contributed by atoms with Crippen LogP contribution in [0.25, 0.3) is 0 Å². The normalized spacial score (nSPS) is 27.3. The van der Waals surface area contributed by atoms with Gasteiger partial charge >= 0.3 is 0 Å². The minimum Gasteiger partial charge on any atom is -0.205 e. The Balaban J connectivity index is 1.40. The highest BCUT2D eigenvalue weighted by molar-refractivity contribution is 7.89. The molecule has 144 valence electrons. The average molecular weight is 410 g/mol. The number of aryl methyl sites for hydroxylation is 2. The maximum absolute atomic E-state index is 12.5. The summed E-state index contributed by atoms with van der Waals surface area (Å²) in [5.74, 6) is 0. The molecule has 0 bridgehead atoms. The summed E-state index contributed by atoms with van der Waals surface area (Å²) in [5, 5.41) is 2.17. The van der Waals surface area contributed by atoms with Crippen LogP contribution in [0, 0.1) is 13.8 Å². The van der Waals surface area contributed by atoms with E-state index in [2.05, 4.69) is 0 Å². The lowest BCUT2D eigenvalue weighted by atomic mass is 10.2. The fraction of sp³-hybridized carbons (Fsp3) is 0.250. The van der Waals surface area contributed by atoms with Gasteiger partial charge in [0.2, 0.25) is 0 Å². The standard InChI is InChI=1S/C16H18N4O5S2/c1-13-3-7-15(8-4-13)26(21,22)19-11-17(19)25-18-12-20(18)27(23,24)16-9-5-14(2)6-10-16/h3-10H,11-12H2,1-2H3. The van der Waals surface area contributed by atoms with Crippen LogP contribution in [-0.4, -0.2) is 49.3 Å². The van der Waals surface area contributed by atoms with Gasteiger partial charge in [-0.15, -0.1) is 0 Å². The summed E-state index contributed by atoms with van der Waals surface area (Å²) in [4.78, 5) is 5.62. The van der Waals surface area contributed by atoms with Gasteiger partial charge in [-0.25, -0.2) is 16.8 Å². The first-order chi connectivity index (χ1) is 12.7. The van der Waals surface area contributed by atoms with Crippen molar-refractivity contribution in [2.45, 2.75) is 23.6 Å². The average Bonchev–Trinajstić information content (AvgIpc) is 3.53. The number of benzene rings is 2. The quantitative estimate of drug-likeness (QED) is 0.661. The van der Waals surface area contributed by atoms with Crippen molar-refractivity contribution in [1.29, 1.82) is 0 Å². The van der Waals surface area contributed by atoms with Gasteiger partial charge in [-0.3, -0.25) is 0 Å². The molecule has 0 aromatic heterocycles. The van der Waals surface area contributed by atoms with Crippen LogP contribution in [0.1, 0.15) is 11.1 Å². The van der Waals surface area contributed by atoms with Gasteiger partial charge in [0, 0.05) is 0 Å². The van der Waals surface area contributed by atoms with Crippen LogP contribution in [0.3, 0.4) is 0 Å². The zero-order chi connectivity index (χ0) is 19.4. The van der Waals surface area contributed by atoms with Gasteiger partial charge in [0.15, 0.2) is 0 Å². The molecule has 9 nitrogen and oxygen atoms in total. The maximum Gasteiger partial charge on any atom is 0.259 e. The van der Waals surface area contributed by atoms with E-state index in [1.165, 1.54) is 24.3 Å². The summed E-state index contributed by atoms with van der Waals surface area (Å²) in [6.07, 6.45) is 0. The molecule has 11 heteroatoms. The zero-order valence-corrected chi connectivity index (χ0v) is 16.3. The molecule has 4 rings (SSSR count). The second-order valence-electron chi connectivity index (χ2n) is 6.35. The molecule has 2 heterocycles. The van der Waals surface area contributed by atoms with Crippen LogP contribution in [0.4, 0.5) is 0 Å². The van der Waals surface area contributed by atoms with Crippen LogP contribution in [0.2, 0.25) is 0 Å². The van der Waals surface area contributed by atoms with Crippen LogP contribution >= 0.6 is 0 Å². The Bertz CT molecular complexity index is 981. The van der Waals surface area contributed by atoms with Gasteiger partial charge in [-0.1, -0.05) is 54.6 Å². The Morgan fingerprint density at radius 3 is 1.33 bits per heavy atom. The molecule has 4 atom stereocenters. The third-order valence-corrected chi connectivity index (χ3v) is 7.63. The smallest absolute Gasteiger partial charge is 0.205 e. The van der Waals surface area contributed by atoms with Crippen molar-refractivity contribution in [2.75, 3.05) is 13.3 Å². The first-order valence-corrected chi connectivity index (χ1v) is 11.0. The van der Waals surface area contributed by atoms with Crippen molar-refractivity contribution in [1.82, 2.24) is 19.2 Å². The molecule has 2 aliphatic rings. The summed E-state index contributed by atoms with van der Waals surface area (Å²) in [7, 11) is -7.44. The summed E-state index contributed by atoms with van der Waals surface area (Å²) < 4.78 is 52.1. The highest BCUT2D eigenvalue weighted by atomic mass is 32.2. The van der Waals surface area contributed by atoms with E-state index >= 15 is 0 Å². The summed E-state index contributed by atoms with van der Waals surface area (Å²) in [6.45, 7) is 3.77. The van der Waals surface area contributed by atoms with Crippen molar-refractivity contribution in [2.24, 2.45) is 0 Å². The third-order valence-electron chi connectivity index (χ3n) is 4.19. The molecule has 0 N–H and O–H groups in total. The molecule has 2 aromatic carbocycles. The van der Waals surface area contributed by atoms with Gasteiger partial charge in [0.25, 0.3) is 20.0 Å². The molecular weight excluding hydrogens is 392 g/mol. The Morgan fingerprint density at radius 2 is 1.00 bits per heavy atom. The number of rotatable bonds is 6. The van der Waals surface area contributed by atoms with E-state index < -0.39 is 20.0 Å². The lowest BCUT2D eigenvalue weighted by Gasteiger charge is -2.09. The van der Waals surface area contributed by atoms with Gasteiger partial charge in [0.05, 0.1) is 9.79 Å². The van der Waals surface area contributed by atoms with Crippen molar-refractivity contribution in [3.05, 3.63) is 59.7 Å². The summed E-state index contributed by atoms with van der Waals surface area (Å²) >= 11 is 0. The lowest BCUT2D eigenvalue weighted by Crippen LogP contribution is -2.23. The van der Waals surface area contributed by atoms with E-state index in [1.54, 1.807) is 24.3 Å². The largest absolute Gasteiger partial charge is 0.259 e. The van der Waals surface area contributed by atoms with Crippen molar-refractivity contribution < 1.29 is 21.8 Å². The first kappa shape index (κ1) is 18.5.